The van der Waals surface area contributed by atoms with Crippen LogP contribution in [0.25, 0.3) is 32.3 Å². The van der Waals surface area contributed by atoms with E-state index < -0.39 is 0 Å². The Morgan fingerprint density at radius 1 is 0.684 bits per heavy atom. The van der Waals surface area contributed by atoms with Gasteiger partial charge in [-0.15, -0.1) is 0 Å². The van der Waals surface area contributed by atoms with Crippen LogP contribution in [0.5, 0.6) is 5.75 Å². The number of rotatable bonds is 0. The second-order valence-electron chi connectivity index (χ2n) is 4.67. The molecule has 0 unspecified atom stereocenters. The molecule has 1 N–H and O–H groups in total. The van der Waals surface area contributed by atoms with Crippen molar-refractivity contribution in [2.24, 2.45) is 0 Å². The molecule has 4 aromatic carbocycles. The molecule has 3 heteroatoms. The molecule has 0 aliphatic rings. The highest BCUT2D eigenvalue weighted by Gasteiger charge is 2.14. The standard InChI is InChI=1S/C16H8Br2O/c17-12-6-2-8-1-3-10-13(18)7-14(19)11-5-4-9(12)15(8)16(10)11/h1-7,19H. The summed E-state index contributed by atoms with van der Waals surface area (Å²) in [5, 5.41) is 16.9. The highest BCUT2D eigenvalue weighted by atomic mass is 79.9. The van der Waals surface area contributed by atoms with Crippen LogP contribution in [0.4, 0.5) is 0 Å². The molecule has 0 saturated heterocycles. The summed E-state index contributed by atoms with van der Waals surface area (Å²) in [5.41, 5.74) is 0. The van der Waals surface area contributed by atoms with Gasteiger partial charge in [-0.3, -0.25) is 0 Å². The first-order chi connectivity index (χ1) is 9.16. The Morgan fingerprint density at radius 3 is 2.16 bits per heavy atom. The number of halogens is 2. The monoisotopic (exact) mass is 374 g/mol. The fourth-order valence-corrected chi connectivity index (χ4v) is 3.81. The summed E-state index contributed by atoms with van der Waals surface area (Å²) in [6.45, 7) is 0. The molecule has 0 amide bonds. The Hall–Kier alpha value is -1.32. The predicted molar refractivity (Wildman–Crippen MR) is 87.2 cm³/mol. The van der Waals surface area contributed by atoms with E-state index in [-0.39, 0.29) is 0 Å². The average Bonchev–Trinajstić information content (AvgIpc) is 2.41. The molecule has 0 radical (unpaired) electrons. The first kappa shape index (κ1) is 11.5. The summed E-state index contributed by atoms with van der Waals surface area (Å²) in [4.78, 5) is 0. The maximum atomic E-state index is 10.2. The molecule has 0 bridgehead atoms. The van der Waals surface area contributed by atoms with Gasteiger partial charge in [0.15, 0.2) is 0 Å². The van der Waals surface area contributed by atoms with E-state index in [1.807, 2.05) is 6.07 Å². The summed E-state index contributed by atoms with van der Waals surface area (Å²) in [5.74, 6) is 0.314. The normalized spacial score (nSPS) is 11.9. The Labute approximate surface area is 126 Å². The molecule has 0 fully saturated rings. The molecule has 0 spiro atoms. The van der Waals surface area contributed by atoms with Crippen LogP contribution in [-0.4, -0.2) is 5.11 Å². The topological polar surface area (TPSA) is 20.2 Å². The third-order valence-electron chi connectivity index (χ3n) is 3.66. The van der Waals surface area contributed by atoms with Gasteiger partial charge in [0.1, 0.15) is 5.75 Å². The van der Waals surface area contributed by atoms with E-state index in [1.54, 1.807) is 6.07 Å². The molecular formula is C16H8Br2O. The number of hydrogen-bond acceptors (Lipinski definition) is 1. The van der Waals surface area contributed by atoms with Gasteiger partial charge in [0.2, 0.25) is 0 Å². The molecule has 4 aromatic rings. The Kier molecular flexibility index (Phi) is 2.32. The fourth-order valence-electron chi connectivity index (χ4n) is 2.80. The van der Waals surface area contributed by atoms with Crippen molar-refractivity contribution in [1.29, 1.82) is 0 Å². The van der Waals surface area contributed by atoms with Crippen molar-refractivity contribution in [2.75, 3.05) is 0 Å². The van der Waals surface area contributed by atoms with Crippen LogP contribution in [0.2, 0.25) is 0 Å². The Bertz CT molecular complexity index is 922. The van der Waals surface area contributed by atoms with Crippen LogP contribution in [0, 0.1) is 0 Å². The quantitative estimate of drug-likeness (QED) is 0.384. The van der Waals surface area contributed by atoms with Crippen molar-refractivity contribution in [1.82, 2.24) is 0 Å². The molecule has 0 aromatic heterocycles. The lowest BCUT2D eigenvalue weighted by Crippen LogP contribution is -1.86. The SMILES string of the molecule is Oc1cc(Br)c2ccc3ccc(Br)c4ccc1c2c34. The second-order valence-corrected chi connectivity index (χ2v) is 6.38. The minimum atomic E-state index is 0.314. The largest absolute Gasteiger partial charge is 0.507 e. The minimum Gasteiger partial charge on any atom is -0.507 e. The first-order valence-electron chi connectivity index (χ1n) is 5.91. The lowest BCUT2D eigenvalue weighted by atomic mass is 9.94. The minimum absolute atomic E-state index is 0.314. The van der Waals surface area contributed by atoms with Crippen LogP contribution in [0.15, 0.2) is 51.4 Å². The number of hydrogen-bond donors (Lipinski definition) is 1. The van der Waals surface area contributed by atoms with E-state index in [0.29, 0.717) is 5.75 Å². The summed E-state index contributed by atoms with van der Waals surface area (Å²) in [7, 11) is 0. The fraction of sp³-hybridized carbons (Fsp3) is 0. The summed E-state index contributed by atoms with van der Waals surface area (Å²) in [6, 6.07) is 14.2. The zero-order valence-corrected chi connectivity index (χ0v) is 12.9. The molecule has 1 nitrogen and oxygen atoms in total. The van der Waals surface area contributed by atoms with Gasteiger partial charge < -0.3 is 5.11 Å². The van der Waals surface area contributed by atoms with Crippen LogP contribution in [0.3, 0.4) is 0 Å². The van der Waals surface area contributed by atoms with E-state index in [9.17, 15) is 5.11 Å². The van der Waals surface area contributed by atoms with Crippen molar-refractivity contribution in [3.8, 4) is 5.75 Å². The summed E-state index contributed by atoms with van der Waals surface area (Å²) < 4.78 is 2.00. The third kappa shape index (κ3) is 1.46. The predicted octanol–water partition coefficient (Wildman–Crippen LogP) is 5.81. The molecular weight excluding hydrogens is 368 g/mol. The zero-order valence-electron chi connectivity index (χ0n) is 9.74. The van der Waals surface area contributed by atoms with Crippen molar-refractivity contribution in [3.63, 3.8) is 0 Å². The van der Waals surface area contributed by atoms with Crippen molar-refractivity contribution in [2.45, 2.75) is 0 Å². The molecule has 0 atom stereocenters. The van der Waals surface area contributed by atoms with Gasteiger partial charge in [0, 0.05) is 19.7 Å². The van der Waals surface area contributed by atoms with Crippen molar-refractivity contribution >= 4 is 64.2 Å². The maximum Gasteiger partial charge on any atom is 0.124 e. The first-order valence-corrected chi connectivity index (χ1v) is 7.50. The Morgan fingerprint density at radius 2 is 1.32 bits per heavy atom. The van der Waals surface area contributed by atoms with E-state index in [4.69, 9.17) is 0 Å². The smallest absolute Gasteiger partial charge is 0.124 e. The molecule has 0 heterocycles. The van der Waals surface area contributed by atoms with Crippen LogP contribution in [0.1, 0.15) is 0 Å². The van der Waals surface area contributed by atoms with Crippen molar-refractivity contribution < 1.29 is 5.11 Å². The molecule has 92 valence electrons. The average molecular weight is 376 g/mol. The van der Waals surface area contributed by atoms with E-state index >= 15 is 0 Å². The number of aromatic hydroxyl groups is 1. The lowest BCUT2D eigenvalue weighted by Gasteiger charge is -2.13. The van der Waals surface area contributed by atoms with E-state index in [0.717, 1.165) is 25.1 Å². The number of phenols is 1. The van der Waals surface area contributed by atoms with Gasteiger partial charge in [-0.1, -0.05) is 56.1 Å². The highest BCUT2D eigenvalue weighted by Crippen LogP contribution is 2.43. The van der Waals surface area contributed by atoms with Gasteiger partial charge in [0.25, 0.3) is 0 Å². The van der Waals surface area contributed by atoms with Gasteiger partial charge in [-0.25, -0.2) is 0 Å². The summed E-state index contributed by atoms with van der Waals surface area (Å²) in [6.07, 6.45) is 0. The molecule has 0 aliphatic carbocycles. The van der Waals surface area contributed by atoms with Gasteiger partial charge in [-0.2, -0.15) is 0 Å². The Balaban J connectivity index is 2.47. The van der Waals surface area contributed by atoms with Crippen LogP contribution in [-0.2, 0) is 0 Å². The van der Waals surface area contributed by atoms with Gasteiger partial charge in [0.05, 0.1) is 0 Å². The van der Waals surface area contributed by atoms with E-state index in [1.165, 1.54) is 16.2 Å². The summed E-state index contributed by atoms with van der Waals surface area (Å²) >= 11 is 7.14. The zero-order chi connectivity index (χ0) is 13.1. The number of phenolic OH excluding ortho intramolecular Hbond substituents is 1. The number of benzene rings is 4. The van der Waals surface area contributed by atoms with Crippen LogP contribution >= 0.6 is 31.9 Å². The maximum absolute atomic E-state index is 10.2. The molecule has 0 saturated carbocycles. The molecule has 4 rings (SSSR count). The molecule has 19 heavy (non-hydrogen) atoms. The molecule has 0 aliphatic heterocycles. The third-order valence-corrected chi connectivity index (χ3v) is 5.00. The second kappa shape index (κ2) is 3.84. The lowest BCUT2D eigenvalue weighted by molar-refractivity contribution is 0.481. The van der Waals surface area contributed by atoms with Crippen molar-refractivity contribution in [3.05, 3.63) is 51.4 Å². The highest BCUT2D eigenvalue weighted by molar-refractivity contribution is 9.11. The van der Waals surface area contributed by atoms with Gasteiger partial charge in [-0.05, 0) is 39.7 Å². The van der Waals surface area contributed by atoms with E-state index in [2.05, 4.69) is 62.2 Å². The van der Waals surface area contributed by atoms with Crippen LogP contribution < -0.4 is 0 Å². The van der Waals surface area contributed by atoms with Gasteiger partial charge >= 0.3 is 0 Å².